The zero-order valence-corrected chi connectivity index (χ0v) is 16.9. The van der Waals surface area contributed by atoms with Gasteiger partial charge >= 0.3 is 6.18 Å². The first-order valence-corrected chi connectivity index (χ1v) is 9.54. The van der Waals surface area contributed by atoms with Crippen LogP contribution in [0.4, 0.5) is 13.2 Å². The fraction of sp³-hybridized carbons (Fsp3) is 0.526. The van der Waals surface area contributed by atoms with Gasteiger partial charge in [0.15, 0.2) is 18.4 Å². The number of rotatable bonds is 7. The highest BCUT2D eigenvalue weighted by atomic mass is 19.4. The minimum atomic E-state index is -4.39. The van der Waals surface area contributed by atoms with Gasteiger partial charge in [-0.25, -0.2) is 9.67 Å². The number of aliphatic imine (C=N–C) groups is 1. The van der Waals surface area contributed by atoms with Gasteiger partial charge in [0.25, 0.3) is 0 Å². The molecule has 1 aliphatic heterocycles. The number of aromatic nitrogens is 3. The number of benzene rings is 1. The van der Waals surface area contributed by atoms with E-state index in [-0.39, 0.29) is 18.3 Å². The van der Waals surface area contributed by atoms with Crippen molar-refractivity contribution in [2.24, 2.45) is 4.99 Å². The Hall–Kier alpha value is -2.82. The van der Waals surface area contributed by atoms with Crippen molar-refractivity contribution in [3.63, 3.8) is 0 Å². The van der Waals surface area contributed by atoms with Gasteiger partial charge in [-0.05, 0) is 12.5 Å². The summed E-state index contributed by atoms with van der Waals surface area (Å²) < 4.78 is 49.3. The van der Waals surface area contributed by atoms with Crippen molar-refractivity contribution in [2.45, 2.75) is 44.8 Å². The third-order valence-corrected chi connectivity index (χ3v) is 4.55. The number of guanidine groups is 1. The highest BCUT2D eigenvalue weighted by Gasteiger charge is 2.29. The number of hydrogen-bond acceptors (Lipinski definition) is 5. The lowest BCUT2D eigenvalue weighted by Gasteiger charge is -2.25. The predicted molar refractivity (Wildman–Crippen MR) is 104 cm³/mol. The van der Waals surface area contributed by atoms with Crippen LogP contribution in [0.15, 0.2) is 29.3 Å². The second kappa shape index (κ2) is 9.79. The molecule has 2 aromatic rings. The number of alkyl halides is 3. The maximum atomic E-state index is 12.5. The molecule has 0 radical (unpaired) electrons. The van der Waals surface area contributed by atoms with Crippen molar-refractivity contribution in [3.05, 3.63) is 41.5 Å². The van der Waals surface area contributed by atoms with Crippen LogP contribution in [-0.2, 0) is 30.9 Å². The summed E-state index contributed by atoms with van der Waals surface area (Å²) >= 11 is 0. The van der Waals surface area contributed by atoms with Gasteiger partial charge in [0.1, 0.15) is 18.2 Å². The van der Waals surface area contributed by atoms with E-state index >= 15 is 0 Å². The molecule has 0 fully saturated rings. The second-order valence-electron chi connectivity index (χ2n) is 6.88. The molecule has 11 heteroatoms. The summed E-state index contributed by atoms with van der Waals surface area (Å²) in [7, 11) is 3.24. The van der Waals surface area contributed by atoms with E-state index in [1.54, 1.807) is 32.4 Å². The Kier molecular flexibility index (Phi) is 7.14. The number of hydrogen-bond donors (Lipinski definition) is 2. The molecule has 0 spiro atoms. The smallest absolute Gasteiger partial charge is 0.422 e. The fourth-order valence-corrected chi connectivity index (χ4v) is 3.19. The SMILES string of the molecule is CN=C(NCc1ccccc1OCC(F)(F)F)NC1CCc2nc(COC)nn2C1. The van der Waals surface area contributed by atoms with Gasteiger partial charge in [-0.2, -0.15) is 18.3 Å². The first-order chi connectivity index (χ1) is 14.4. The summed E-state index contributed by atoms with van der Waals surface area (Å²) in [5, 5.41) is 10.9. The molecule has 0 bridgehead atoms. The van der Waals surface area contributed by atoms with Gasteiger partial charge < -0.3 is 20.1 Å². The van der Waals surface area contributed by atoms with Gasteiger partial charge in [0.05, 0.1) is 6.54 Å². The van der Waals surface area contributed by atoms with Gasteiger partial charge in [-0.3, -0.25) is 4.99 Å². The van der Waals surface area contributed by atoms with E-state index in [0.717, 1.165) is 18.7 Å². The Bertz CT molecular complexity index is 868. The summed E-state index contributed by atoms with van der Waals surface area (Å²) in [5.41, 5.74) is 0.608. The van der Waals surface area contributed by atoms with Crippen LogP contribution in [-0.4, -0.2) is 53.7 Å². The number of aryl methyl sites for hydroxylation is 1. The molecule has 0 aliphatic carbocycles. The van der Waals surface area contributed by atoms with Crippen molar-refractivity contribution >= 4 is 5.96 Å². The Morgan fingerprint density at radius 1 is 1.33 bits per heavy atom. The number of ether oxygens (including phenoxy) is 2. The lowest BCUT2D eigenvalue weighted by molar-refractivity contribution is -0.153. The van der Waals surface area contributed by atoms with Crippen LogP contribution in [0.2, 0.25) is 0 Å². The van der Waals surface area contributed by atoms with E-state index in [1.165, 1.54) is 6.07 Å². The normalized spacial score (nSPS) is 16.8. The molecule has 1 atom stereocenters. The summed E-state index contributed by atoms with van der Waals surface area (Å²) in [6, 6.07) is 6.71. The molecule has 1 unspecified atom stereocenters. The van der Waals surface area contributed by atoms with E-state index in [2.05, 4.69) is 25.7 Å². The topological polar surface area (TPSA) is 85.6 Å². The maximum absolute atomic E-state index is 12.5. The van der Waals surface area contributed by atoms with Crippen LogP contribution in [0.5, 0.6) is 5.75 Å². The summed E-state index contributed by atoms with van der Waals surface area (Å²) in [5.74, 6) is 2.32. The van der Waals surface area contributed by atoms with E-state index in [0.29, 0.717) is 30.5 Å². The van der Waals surface area contributed by atoms with Crippen molar-refractivity contribution < 1.29 is 22.6 Å². The summed E-state index contributed by atoms with van der Waals surface area (Å²) in [4.78, 5) is 8.66. The molecule has 0 amide bonds. The third kappa shape index (κ3) is 6.09. The number of methoxy groups -OCH3 is 1. The minimum absolute atomic E-state index is 0.0949. The Morgan fingerprint density at radius 2 is 2.13 bits per heavy atom. The van der Waals surface area contributed by atoms with Gasteiger partial charge in [-0.15, -0.1) is 0 Å². The van der Waals surface area contributed by atoms with Crippen LogP contribution in [0, 0.1) is 0 Å². The Labute approximate surface area is 172 Å². The maximum Gasteiger partial charge on any atom is 0.422 e. The summed E-state index contributed by atoms with van der Waals surface area (Å²) in [6.07, 6.45) is -2.75. The second-order valence-corrected chi connectivity index (χ2v) is 6.88. The number of halogens is 3. The lowest BCUT2D eigenvalue weighted by atomic mass is 10.1. The van der Waals surface area contributed by atoms with E-state index in [4.69, 9.17) is 9.47 Å². The van der Waals surface area contributed by atoms with Crippen LogP contribution >= 0.6 is 0 Å². The first-order valence-electron chi connectivity index (χ1n) is 9.54. The fourth-order valence-electron chi connectivity index (χ4n) is 3.19. The van der Waals surface area contributed by atoms with Gasteiger partial charge in [0, 0.05) is 38.7 Å². The quantitative estimate of drug-likeness (QED) is 0.521. The number of fused-ring (bicyclic) bond motifs is 1. The standard InChI is InChI=1S/C19H25F3N6O2/c1-23-18(24-9-13-5-3-4-6-15(13)30-12-19(20,21)22)25-14-7-8-17-26-16(11-29-2)27-28(17)10-14/h3-6,14H,7-12H2,1-2H3,(H2,23,24,25). The number of para-hydroxylation sites is 1. The van der Waals surface area contributed by atoms with Crippen LogP contribution in [0.3, 0.4) is 0 Å². The average Bonchev–Trinajstić information content (AvgIpc) is 3.11. The zero-order chi connectivity index (χ0) is 21.6. The monoisotopic (exact) mass is 426 g/mol. The molecule has 1 aliphatic rings. The molecule has 1 aromatic carbocycles. The molecule has 164 valence electrons. The van der Waals surface area contributed by atoms with Gasteiger partial charge in [0.2, 0.25) is 0 Å². The lowest BCUT2D eigenvalue weighted by Crippen LogP contribution is -2.46. The van der Waals surface area contributed by atoms with E-state index in [1.807, 2.05) is 4.68 Å². The molecule has 0 saturated carbocycles. The molecule has 2 N–H and O–H groups in total. The van der Waals surface area contributed by atoms with Crippen molar-refractivity contribution in [2.75, 3.05) is 20.8 Å². The third-order valence-electron chi connectivity index (χ3n) is 4.55. The van der Waals surface area contributed by atoms with E-state index in [9.17, 15) is 13.2 Å². The molecule has 0 saturated heterocycles. The molecular weight excluding hydrogens is 401 g/mol. The van der Waals surface area contributed by atoms with E-state index < -0.39 is 12.8 Å². The highest BCUT2D eigenvalue weighted by Crippen LogP contribution is 2.22. The van der Waals surface area contributed by atoms with Crippen molar-refractivity contribution in [3.8, 4) is 5.75 Å². The summed E-state index contributed by atoms with van der Waals surface area (Å²) in [6.45, 7) is -0.0491. The Morgan fingerprint density at radius 3 is 2.87 bits per heavy atom. The number of nitrogens with zero attached hydrogens (tertiary/aromatic N) is 4. The molecule has 8 nitrogen and oxygen atoms in total. The highest BCUT2D eigenvalue weighted by molar-refractivity contribution is 5.80. The van der Waals surface area contributed by atoms with Crippen LogP contribution < -0.4 is 15.4 Å². The predicted octanol–water partition coefficient (Wildman–Crippen LogP) is 2.05. The van der Waals surface area contributed by atoms with Crippen LogP contribution in [0.1, 0.15) is 23.6 Å². The molecule has 30 heavy (non-hydrogen) atoms. The molecule has 3 rings (SSSR count). The molecule has 1 aromatic heterocycles. The largest absolute Gasteiger partial charge is 0.484 e. The first kappa shape index (κ1) is 21.9. The Balaban J connectivity index is 1.56. The minimum Gasteiger partial charge on any atom is -0.484 e. The van der Waals surface area contributed by atoms with Crippen molar-refractivity contribution in [1.82, 2.24) is 25.4 Å². The van der Waals surface area contributed by atoms with Gasteiger partial charge in [-0.1, -0.05) is 18.2 Å². The number of nitrogens with one attached hydrogen (secondary N) is 2. The molecule has 2 heterocycles. The zero-order valence-electron chi connectivity index (χ0n) is 16.9. The van der Waals surface area contributed by atoms with Crippen molar-refractivity contribution in [1.29, 1.82) is 0 Å². The molecular formula is C19H25F3N6O2. The average molecular weight is 426 g/mol. The van der Waals surface area contributed by atoms with Crippen LogP contribution in [0.25, 0.3) is 0 Å².